The molecule has 4 rings (SSSR count). The summed E-state index contributed by atoms with van der Waals surface area (Å²) in [6.45, 7) is 3.99. The van der Waals surface area contributed by atoms with Gasteiger partial charge in [0.05, 0.1) is 17.5 Å². The maximum atomic E-state index is 12.3. The van der Waals surface area contributed by atoms with E-state index >= 15 is 0 Å². The van der Waals surface area contributed by atoms with E-state index in [0.29, 0.717) is 5.56 Å². The van der Waals surface area contributed by atoms with Crippen LogP contribution >= 0.6 is 11.8 Å². The Labute approximate surface area is 178 Å². The third-order valence-corrected chi connectivity index (χ3v) is 5.88. The highest BCUT2D eigenvalue weighted by molar-refractivity contribution is 8.00. The van der Waals surface area contributed by atoms with Crippen LogP contribution in [0.5, 0.6) is 5.75 Å². The lowest BCUT2D eigenvalue weighted by atomic mass is 10.0. The first-order chi connectivity index (χ1) is 14.5. The van der Waals surface area contributed by atoms with Gasteiger partial charge < -0.3 is 5.11 Å². The van der Waals surface area contributed by atoms with Crippen molar-refractivity contribution in [3.63, 3.8) is 0 Å². The van der Waals surface area contributed by atoms with E-state index in [1.165, 1.54) is 18.0 Å². The molecule has 3 aromatic carbocycles. The van der Waals surface area contributed by atoms with Gasteiger partial charge in [0.25, 0.3) is 0 Å². The van der Waals surface area contributed by atoms with E-state index in [9.17, 15) is 9.90 Å². The lowest BCUT2D eigenvalue weighted by molar-refractivity contribution is -0.118. The van der Waals surface area contributed by atoms with Crippen molar-refractivity contribution in [3.05, 3.63) is 77.5 Å². The molecule has 0 unspecified atom stereocenters. The lowest BCUT2D eigenvalue weighted by Crippen LogP contribution is -2.19. The number of thioether (sulfide) groups is 1. The number of carbonyl (C=O) groups excluding carboxylic acids is 1. The first-order valence-electron chi connectivity index (χ1n) is 9.55. The minimum absolute atomic E-state index is 0.121. The van der Waals surface area contributed by atoms with E-state index in [1.54, 1.807) is 6.07 Å². The van der Waals surface area contributed by atoms with Crippen LogP contribution in [0.25, 0.3) is 21.7 Å². The smallest absolute Gasteiger partial charge is 0.250 e. The third kappa shape index (κ3) is 4.14. The van der Waals surface area contributed by atoms with Crippen LogP contribution in [0.2, 0.25) is 0 Å². The molecule has 150 valence electrons. The lowest BCUT2D eigenvalue weighted by Gasteiger charge is -2.09. The van der Waals surface area contributed by atoms with Crippen LogP contribution in [0.1, 0.15) is 16.8 Å². The number of para-hydroxylation sites is 1. The number of fused-ring (bicyclic) bond motifs is 2. The predicted octanol–water partition coefficient (Wildman–Crippen LogP) is 4.95. The Hall–Kier alpha value is -3.38. The Morgan fingerprint density at radius 2 is 1.90 bits per heavy atom. The number of aromatic hydroxyl groups is 1. The van der Waals surface area contributed by atoms with Gasteiger partial charge in [-0.15, -0.1) is 11.8 Å². The molecule has 30 heavy (non-hydrogen) atoms. The summed E-state index contributed by atoms with van der Waals surface area (Å²) >= 11 is 1.46. The zero-order valence-corrected chi connectivity index (χ0v) is 17.5. The largest absolute Gasteiger partial charge is 0.507 e. The van der Waals surface area contributed by atoms with Crippen molar-refractivity contribution in [2.24, 2.45) is 5.10 Å². The number of nitrogens with one attached hydrogen (secondary N) is 1. The van der Waals surface area contributed by atoms with Crippen LogP contribution in [0, 0.1) is 13.8 Å². The van der Waals surface area contributed by atoms with Crippen molar-refractivity contribution >= 4 is 45.6 Å². The minimum Gasteiger partial charge on any atom is -0.507 e. The normalized spacial score (nSPS) is 11.4. The molecule has 0 aliphatic carbocycles. The summed E-state index contributed by atoms with van der Waals surface area (Å²) in [6.07, 6.45) is 1.48. The van der Waals surface area contributed by atoms with E-state index in [4.69, 9.17) is 0 Å². The topological polar surface area (TPSA) is 74.6 Å². The summed E-state index contributed by atoms with van der Waals surface area (Å²) in [5, 5.41) is 17.1. The summed E-state index contributed by atoms with van der Waals surface area (Å²) in [6, 6.07) is 19.2. The number of benzene rings is 3. The highest BCUT2D eigenvalue weighted by atomic mass is 32.2. The molecule has 0 fully saturated rings. The van der Waals surface area contributed by atoms with Gasteiger partial charge in [-0.1, -0.05) is 48.5 Å². The molecule has 1 heterocycles. The molecular weight excluding hydrogens is 394 g/mol. The van der Waals surface area contributed by atoms with Gasteiger partial charge in [-0.3, -0.25) is 9.78 Å². The van der Waals surface area contributed by atoms with E-state index < -0.39 is 0 Å². The van der Waals surface area contributed by atoms with Gasteiger partial charge in [-0.2, -0.15) is 5.10 Å². The van der Waals surface area contributed by atoms with E-state index in [2.05, 4.69) is 15.5 Å². The second kappa shape index (κ2) is 8.55. The van der Waals surface area contributed by atoms with Crippen molar-refractivity contribution < 1.29 is 9.90 Å². The molecule has 0 bridgehead atoms. The van der Waals surface area contributed by atoms with Gasteiger partial charge >= 0.3 is 0 Å². The molecule has 0 aliphatic rings. The quantitative estimate of drug-likeness (QED) is 0.275. The number of amides is 1. The van der Waals surface area contributed by atoms with Crippen molar-refractivity contribution in [2.45, 2.75) is 18.7 Å². The van der Waals surface area contributed by atoms with Crippen molar-refractivity contribution in [1.82, 2.24) is 10.4 Å². The molecule has 4 aromatic rings. The highest BCUT2D eigenvalue weighted by Crippen LogP contribution is 2.29. The molecule has 0 radical (unpaired) electrons. The fourth-order valence-electron chi connectivity index (χ4n) is 3.37. The first-order valence-corrected chi connectivity index (χ1v) is 10.5. The summed E-state index contributed by atoms with van der Waals surface area (Å²) in [4.78, 5) is 18.0. The van der Waals surface area contributed by atoms with Crippen molar-refractivity contribution in [2.75, 3.05) is 5.75 Å². The molecule has 0 saturated carbocycles. The summed E-state index contributed by atoms with van der Waals surface area (Å²) < 4.78 is 0. The second-order valence-corrected chi connectivity index (χ2v) is 8.05. The molecule has 5 nitrogen and oxygen atoms in total. The minimum atomic E-state index is -0.216. The fraction of sp³-hybridized carbons (Fsp3) is 0.125. The predicted molar refractivity (Wildman–Crippen MR) is 123 cm³/mol. The van der Waals surface area contributed by atoms with Gasteiger partial charge in [0.1, 0.15) is 5.75 Å². The zero-order valence-electron chi connectivity index (χ0n) is 16.7. The Kier molecular flexibility index (Phi) is 5.68. The summed E-state index contributed by atoms with van der Waals surface area (Å²) in [5.41, 5.74) is 6.12. The number of hydrazone groups is 1. The maximum Gasteiger partial charge on any atom is 0.250 e. The molecule has 0 atom stereocenters. The molecule has 1 amide bonds. The van der Waals surface area contributed by atoms with E-state index in [-0.39, 0.29) is 17.4 Å². The number of carbonyl (C=O) groups is 1. The van der Waals surface area contributed by atoms with E-state index in [1.807, 2.05) is 68.4 Å². The average Bonchev–Trinajstić information content (AvgIpc) is 2.74. The third-order valence-electron chi connectivity index (χ3n) is 4.82. The summed E-state index contributed by atoms with van der Waals surface area (Å²) in [7, 11) is 0. The number of aromatic nitrogens is 1. The number of hydrogen-bond donors (Lipinski definition) is 2. The number of rotatable bonds is 5. The molecule has 6 heteroatoms. The van der Waals surface area contributed by atoms with Gasteiger partial charge in [0.2, 0.25) is 5.91 Å². The molecule has 0 spiro atoms. The van der Waals surface area contributed by atoms with Crippen LogP contribution in [0.4, 0.5) is 0 Å². The van der Waals surface area contributed by atoms with Crippen LogP contribution in [-0.2, 0) is 4.79 Å². The van der Waals surface area contributed by atoms with Gasteiger partial charge in [-0.25, -0.2) is 5.43 Å². The monoisotopic (exact) mass is 415 g/mol. The maximum absolute atomic E-state index is 12.3. The summed E-state index contributed by atoms with van der Waals surface area (Å²) in [5.74, 6) is 0.132. The number of nitrogens with zero attached hydrogens (tertiary/aromatic N) is 2. The van der Waals surface area contributed by atoms with Crippen molar-refractivity contribution in [3.8, 4) is 5.75 Å². The number of pyridine rings is 1. The van der Waals surface area contributed by atoms with Crippen LogP contribution in [0.15, 0.2) is 70.7 Å². The number of aryl methyl sites for hydroxylation is 2. The Morgan fingerprint density at radius 3 is 2.77 bits per heavy atom. The van der Waals surface area contributed by atoms with Crippen LogP contribution < -0.4 is 5.43 Å². The average molecular weight is 416 g/mol. The number of phenols is 1. The van der Waals surface area contributed by atoms with Crippen LogP contribution in [0.3, 0.4) is 0 Å². The Balaban J connectivity index is 1.46. The number of hydrogen-bond acceptors (Lipinski definition) is 5. The fourth-order valence-corrected chi connectivity index (χ4v) is 4.29. The van der Waals surface area contributed by atoms with Gasteiger partial charge in [-0.05, 0) is 42.3 Å². The molecular formula is C24H21N3O2S. The first kappa shape index (κ1) is 19.9. The second-order valence-electron chi connectivity index (χ2n) is 7.03. The SMILES string of the molecule is Cc1cc(SCC(=O)N/N=C\c2c(O)ccc3ccccc23)c2cccc(C)c2n1. The zero-order chi connectivity index (χ0) is 21.1. The Morgan fingerprint density at radius 1 is 1.10 bits per heavy atom. The number of phenolic OH excluding ortho intramolecular Hbond substituents is 1. The van der Waals surface area contributed by atoms with E-state index in [0.717, 1.165) is 37.8 Å². The molecule has 0 saturated heterocycles. The van der Waals surface area contributed by atoms with Crippen LogP contribution in [-0.4, -0.2) is 28.0 Å². The van der Waals surface area contributed by atoms with Crippen molar-refractivity contribution in [1.29, 1.82) is 0 Å². The molecule has 1 aromatic heterocycles. The van der Waals surface area contributed by atoms with Gasteiger partial charge in [0, 0.05) is 21.5 Å². The standard InChI is InChI=1S/C24H21N3O2S/c1-15-6-5-9-19-22(12-16(2)26-24(15)19)30-14-23(29)27-25-13-20-18-8-4-3-7-17(18)10-11-21(20)28/h3-13,28H,14H2,1-2H3,(H,27,29)/b25-13-. The molecule has 2 N–H and O–H groups in total. The van der Waals surface area contributed by atoms with Gasteiger partial charge in [0.15, 0.2) is 0 Å². The molecule has 0 aliphatic heterocycles. The Bertz CT molecular complexity index is 1280. The highest BCUT2D eigenvalue weighted by Gasteiger charge is 2.09.